The minimum Gasteiger partial charge on any atom is -0.502 e. The Morgan fingerprint density at radius 1 is 1.06 bits per heavy atom. The summed E-state index contributed by atoms with van der Waals surface area (Å²) in [6.45, 7) is 2.09. The van der Waals surface area contributed by atoms with Crippen LogP contribution in [0.4, 0.5) is 4.39 Å². The summed E-state index contributed by atoms with van der Waals surface area (Å²) in [7, 11) is 0. The lowest BCUT2D eigenvalue weighted by molar-refractivity contribution is 0.0643. The largest absolute Gasteiger partial charge is 0.502 e. The van der Waals surface area contributed by atoms with Crippen LogP contribution >= 0.6 is 0 Å². The average Bonchev–Trinajstić information content (AvgIpc) is 2.84. The Balaban J connectivity index is 1.83. The van der Waals surface area contributed by atoms with Gasteiger partial charge in [0.1, 0.15) is 19.3 Å². The number of hydrogen-bond acceptors (Lipinski definition) is 5. The lowest BCUT2D eigenvalue weighted by Gasteiger charge is -2.45. The second kappa shape index (κ2) is 8.12. The zero-order valence-corrected chi connectivity index (χ0v) is 17.9. The van der Waals surface area contributed by atoms with Gasteiger partial charge in [0, 0.05) is 23.9 Å². The van der Waals surface area contributed by atoms with Gasteiger partial charge in [-0.3, -0.25) is 19.3 Å². The summed E-state index contributed by atoms with van der Waals surface area (Å²) in [6.07, 6.45) is 4.98. The first-order valence-corrected chi connectivity index (χ1v) is 10.6. The zero-order valence-electron chi connectivity index (χ0n) is 17.9. The molecule has 2 atom stereocenters. The SMILES string of the molecule is C[C@@H]1/C=C\COc2c(F)cccc2[C@H](c2ccccc2)N2CN1C(=O)c1c(O)c(=O)ccn12. The molecule has 0 fully saturated rings. The van der Waals surface area contributed by atoms with Gasteiger partial charge in [0.25, 0.3) is 5.91 Å². The van der Waals surface area contributed by atoms with Crippen LogP contribution in [0.15, 0.2) is 77.7 Å². The highest BCUT2D eigenvalue weighted by Gasteiger charge is 2.39. The third kappa shape index (κ3) is 3.44. The monoisotopic (exact) mass is 447 g/mol. The molecule has 33 heavy (non-hydrogen) atoms. The number of ether oxygens (including phenoxy) is 1. The molecule has 1 N–H and O–H groups in total. The highest BCUT2D eigenvalue weighted by molar-refractivity contribution is 5.96. The summed E-state index contributed by atoms with van der Waals surface area (Å²) in [4.78, 5) is 27.1. The van der Waals surface area contributed by atoms with Crippen LogP contribution in [0.2, 0.25) is 0 Å². The molecule has 5 rings (SSSR count). The maximum Gasteiger partial charge on any atom is 0.278 e. The number of fused-ring (bicyclic) bond motifs is 5. The molecule has 7 nitrogen and oxygen atoms in total. The molecule has 2 aliphatic heterocycles. The lowest BCUT2D eigenvalue weighted by Crippen LogP contribution is -2.57. The van der Waals surface area contributed by atoms with E-state index in [1.807, 2.05) is 42.3 Å². The molecule has 1 amide bonds. The van der Waals surface area contributed by atoms with E-state index in [0.717, 1.165) is 5.56 Å². The molecule has 2 aliphatic rings. The summed E-state index contributed by atoms with van der Waals surface area (Å²) in [5, 5.41) is 12.4. The Labute approximate surface area is 189 Å². The number of hydrogen-bond donors (Lipinski definition) is 1. The fourth-order valence-electron chi connectivity index (χ4n) is 4.40. The van der Waals surface area contributed by atoms with E-state index in [9.17, 15) is 19.1 Å². The highest BCUT2D eigenvalue weighted by Crippen LogP contribution is 2.38. The number of halogens is 1. The standard InChI is InChI=1S/C25H22FN3O4/c1-16-7-6-14-33-24-18(10-5-11-19(24)26)21(17-8-3-2-4-9-17)29-15-27(16)25(32)22-23(31)20(30)12-13-28(22)29/h2-13,16,21,31H,14-15H2,1H3/b7-6-/t16-,21+/m1/s1. The molecular weight excluding hydrogens is 425 g/mol. The molecule has 0 saturated carbocycles. The summed E-state index contributed by atoms with van der Waals surface area (Å²) in [6, 6.07) is 14.4. The Morgan fingerprint density at radius 2 is 1.85 bits per heavy atom. The van der Waals surface area contributed by atoms with Crippen LogP contribution in [-0.4, -0.2) is 39.9 Å². The fourth-order valence-corrected chi connectivity index (χ4v) is 4.40. The molecule has 0 saturated heterocycles. The van der Waals surface area contributed by atoms with E-state index in [4.69, 9.17) is 4.74 Å². The van der Waals surface area contributed by atoms with Crippen LogP contribution in [-0.2, 0) is 0 Å². The third-order valence-electron chi connectivity index (χ3n) is 6.03. The number of nitrogens with zero attached hydrogens (tertiary/aromatic N) is 3. The molecule has 0 radical (unpaired) electrons. The number of benzene rings is 2. The van der Waals surface area contributed by atoms with E-state index >= 15 is 0 Å². The lowest BCUT2D eigenvalue weighted by atomic mass is 9.96. The van der Waals surface area contributed by atoms with Crippen LogP contribution in [0.3, 0.4) is 0 Å². The normalized spacial score (nSPS) is 20.8. The molecule has 2 aromatic carbocycles. The van der Waals surface area contributed by atoms with Crippen molar-refractivity contribution in [3.05, 3.63) is 106 Å². The van der Waals surface area contributed by atoms with Crippen molar-refractivity contribution < 1.29 is 19.0 Å². The number of pyridine rings is 1. The van der Waals surface area contributed by atoms with Crippen molar-refractivity contribution in [2.24, 2.45) is 0 Å². The van der Waals surface area contributed by atoms with Crippen LogP contribution in [0, 0.1) is 5.82 Å². The van der Waals surface area contributed by atoms with Gasteiger partial charge in [-0.25, -0.2) is 4.39 Å². The van der Waals surface area contributed by atoms with E-state index in [0.29, 0.717) is 5.56 Å². The van der Waals surface area contributed by atoms with E-state index in [2.05, 4.69) is 0 Å². The molecule has 0 aliphatic carbocycles. The van der Waals surface area contributed by atoms with Gasteiger partial charge in [-0.15, -0.1) is 0 Å². The van der Waals surface area contributed by atoms with Crippen molar-refractivity contribution in [1.29, 1.82) is 0 Å². The quantitative estimate of drug-likeness (QED) is 0.580. The summed E-state index contributed by atoms with van der Waals surface area (Å²) in [5.41, 5.74) is 0.608. The van der Waals surface area contributed by atoms with E-state index < -0.39 is 28.9 Å². The van der Waals surface area contributed by atoms with Gasteiger partial charge in [0.15, 0.2) is 23.0 Å². The first-order chi connectivity index (χ1) is 16.0. The fraction of sp³-hybridized carbons (Fsp3) is 0.200. The number of rotatable bonds is 1. The van der Waals surface area contributed by atoms with Crippen molar-refractivity contribution >= 4 is 5.91 Å². The number of aromatic hydroxyl groups is 1. The summed E-state index contributed by atoms with van der Waals surface area (Å²) in [5.74, 6) is -1.47. The molecule has 0 spiro atoms. The molecule has 3 aromatic rings. The predicted molar refractivity (Wildman–Crippen MR) is 120 cm³/mol. The maximum atomic E-state index is 15.0. The Morgan fingerprint density at radius 3 is 2.64 bits per heavy atom. The predicted octanol–water partition coefficient (Wildman–Crippen LogP) is 3.17. The van der Waals surface area contributed by atoms with Gasteiger partial charge in [0.2, 0.25) is 5.43 Å². The zero-order chi connectivity index (χ0) is 23.1. The third-order valence-corrected chi connectivity index (χ3v) is 6.03. The van der Waals surface area contributed by atoms with Crippen LogP contribution in [0.25, 0.3) is 0 Å². The second-order valence-corrected chi connectivity index (χ2v) is 8.03. The smallest absolute Gasteiger partial charge is 0.278 e. The Kier molecular flexibility index (Phi) is 5.12. The van der Waals surface area contributed by atoms with Crippen LogP contribution in [0.1, 0.15) is 34.6 Å². The van der Waals surface area contributed by atoms with Crippen LogP contribution < -0.4 is 15.2 Å². The van der Waals surface area contributed by atoms with E-state index in [1.165, 1.54) is 23.0 Å². The molecule has 1 aromatic heterocycles. The number of carbonyl (C=O) groups is 1. The van der Waals surface area contributed by atoms with Crippen molar-refractivity contribution in [2.75, 3.05) is 18.3 Å². The molecule has 168 valence electrons. The topological polar surface area (TPSA) is 75.0 Å². The first-order valence-electron chi connectivity index (χ1n) is 10.6. The summed E-state index contributed by atoms with van der Waals surface area (Å²) >= 11 is 0. The molecular formula is C25H22FN3O4. The van der Waals surface area contributed by atoms with Gasteiger partial charge < -0.3 is 14.7 Å². The summed E-state index contributed by atoms with van der Waals surface area (Å²) < 4.78 is 22.3. The van der Waals surface area contributed by atoms with Gasteiger partial charge in [-0.1, -0.05) is 48.5 Å². The van der Waals surface area contributed by atoms with Gasteiger partial charge >= 0.3 is 0 Å². The molecule has 0 unspecified atom stereocenters. The minimum absolute atomic E-state index is 0.112. The van der Waals surface area contributed by atoms with Crippen molar-refractivity contribution in [1.82, 2.24) is 9.58 Å². The maximum absolute atomic E-state index is 15.0. The number of aromatic nitrogens is 1. The number of para-hydroxylation sites is 1. The van der Waals surface area contributed by atoms with Crippen LogP contribution in [0.5, 0.6) is 11.5 Å². The second-order valence-electron chi connectivity index (χ2n) is 8.03. The van der Waals surface area contributed by atoms with E-state index in [1.54, 1.807) is 29.2 Å². The molecule has 3 heterocycles. The minimum atomic E-state index is -0.644. The average molecular weight is 447 g/mol. The van der Waals surface area contributed by atoms with Gasteiger partial charge in [-0.2, -0.15) is 0 Å². The van der Waals surface area contributed by atoms with E-state index in [-0.39, 0.29) is 30.8 Å². The van der Waals surface area contributed by atoms with Crippen molar-refractivity contribution in [3.8, 4) is 11.5 Å². The number of carbonyl (C=O) groups excluding carboxylic acids is 1. The Bertz CT molecular complexity index is 1300. The van der Waals surface area contributed by atoms with Gasteiger partial charge in [0.05, 0.1) is 0 Å². The molecule has 8 heteroatoms. The molecule has 2 bridgehead atoms. The first kappa shape index (κ1) is 20.8. The van der Waals surface area contributed by atoms with Crippen molar-refractivity contribution in [3.63, 3.8) is 0 Å². The Hall–Kier alpha value is -4.07. The van der Waals surface area contributed by atoms with Gasteiger partial charge in [-0.05, 0) is 24.6 Å². The van der Waals surface area contributed by atoms with Crippen molar-refractivity contribution in [2.45, 2.75) is 19.0 Å². The highest BCUT2D eigenvalue weighted by atomic mass is 19.1. The number of amides is 1.